The van der Waals surface area contributed by atoms with Crippen LogP contribution < -0.4 is 0 Å². The fourth-order valence-electron chi connectivity index (χ4n) is 7.24. The van der Waals surface area contributed by atoms with Gasteiger partial charge in [0.25, 0.3) is 0 Å². The molecule has 4 heteroatoms. The number of furan rings is 1. The molecule has 0 aliphatic rings. The Morgan fingerprint density at radius 1 is 0.306 bits per heavy atom. The molecule has 0 spiro atoms. The minimum atomic E-state index is 0.604. The Morgan fingerprint density at radius 3 is 1.45 bits per heavy atom. The molecule has 49 heavy (non-hydrogen) atoms. The van der Waals surface area contributed by atoms with Gasteiger partial charge in [-0.1, -0.05) is 152 Å². The van der Waals surface area contributed by atoms with E-state index in [0.717, 1.165) is 49.6 Å². The van der Waals surface area contributed by atoms with Gasteiger partial charge in [0.2, 0.25) is 0 Å². The van der Waals surface area contributed by atoms with E-state index in [1.165, 1.54) is 32.5 Å². The highest BCUT2D eigenvalue weighted by molar-refractivity contribution is 6.32. The van der Waals surface area contributed by atoms with Crippen LogP contribution in [0.2, 0.25) is 0 Å². The zero-order valence-corrected chi connectivity index (χ0v) is 26.3. The van der Waals surface area contributed by atoms with Gasteiger partial charge >= 0.3 is 0 Å². The van der Waals surface area contributed by atoms with Crippen molar-refractivity contribution in [2.75, 3.05) is 0 Å². The molecule has 0 saturated carbocycles. The summed E-state index contributed by atoms with van der Waals surface area (Å²) in [5.41, 5.74) is 6.74. The van der Waals surface area contributed by atoms with Gasteiger partial charge in [0.1, 0.15) is 11.2 Å². The molecule has 10 rings (SSSR count). The molecule has 0 aliphatic heterocycles. The molecule has 0 atom stereocenters. The van der Waals surface area contributed by atoms with Crippen LogP contribution in [0.1, 0.15) is 0 Å². The Morgan fingerprint density at radius 2 is 0.776 bits per heavy atom. The van der Waals surface area contributed by atoms with Gasteiger partial charge in [0.15, 0.2) is 17.5 Å². The van der Waals surface area contributed by atoms with Crippen LogP contribution in [0, 0.1) is 0 Å². The number of nitrogens with zero attached hydrogens (tertiary/aromatic N) is 3. The molecule has 0 fully saturated rings. The Hall–Kier alpha value is -6.65. The predicted molar refractivity (Wildman–Crippen MR) is 201 cm³/mol. The van der Waals surface area contributed by atoms with E-state index in [9.17, 15) is 0 Å². The monoisotopic (exact) mass is 625 g/mol. The van der Waals surface area contributed by atoms with Crippen molar-refractivity contribution in [3.05, 3.63) is 164 Å². The van der Waals surface area contributed by atoms with E-state index in [-0.39, 0.29) is 0 Å². The molecule has 4 nitrogen and oxygen atoms in total. The zero-order valence-electron chi connectivity index (χ0n) is 26.3. The summed E-state index contributed by atoms with van der Waals surface area (Å²) in [6, 6.07) is 56.7. The Kier molecular flexibility index (Phi) is 6.15. The van der Waals surface area contributed by atoms with Crippen LogP contribution in [-0.2, 0) is 0 Å². The molecule has 0 aliphatic carbocycles. The van der Waals surface area contributed by atoms with Gasteiger partial charge in [-0.3, -0.25) is 0 Å². The zero-order chi connectivity index (χ0) is 32.3. The third-order valence-electron chi connectivity index (χ3n) is 9.53. The van der Waals surface area contributed by atoms with Gasteiger partial charge in [-0.15, -0.1) is 0 Å². The van der Waals surface area contributed by atoms with Crippen molar-refractivity contribution in [3.8, 4) is 45.3 Å². The molecule has 0 unspecified atom stereocenters. The van der Waals surface area contributed by atoms with Crippen LogP contribution in [-0.4, -0.2) is 15.0 Å². The van der Waals surface area contributed by atoms with Crippen LogP contribution in [0.3, 0.4) is 0 Å². The minimum Gasteiger partial charge on any atom is -0.455 e. The summed E-state index contributed by atoms with van der Waals surface area (Å²) in [6.45, 7) is 0. The molecular weight excluding hydrogens is 599 g/mol. The summed E-state index contributed by atoms with van der Waals surface area (Å²) < 4.78 is 6.80. The van der Waals surface area contributed by atoms with Crippen LogP contribution in [0.5, 0.6) is 0 Å². The van der Waals surface area contributed by atoms with E-state index < -0.39 is 0 Å². The summed E-state index contributed by atoms with van der Waals surface area (Å²) in [7, 11) is 0. The molecule has 0 bridgehead atoms. The topological polar surface area (TPSA) is 51.8 Å². The van der Waals surface area contributed by atoms with Gasteiger partial charge in [0, 0.05) is 32.8 Å². The second-order valence-electron chi connectivity index (χ2n) is 12.4. The molecule has 2 aromatic heterocycles. The van der Waals surface area contributed by atoms with Crippen molar-refractivity contribution in [2.24, 2.45) is 0 Å². The van der Waals surface area contributed by atoms with Gasteiger partial charge in [-0.05, 0) is 50.2 Å². The first-order valence-corrected chi connectivity index (χ1v) is 16.5. The van der Waals surface area contributed by atoms with Crippen LogP contribution >= 0.6 is 0 Å². The van der Waals surface area contributed by atoms with Crippen LogP contribution in [0.4, 0.5) is 0 Å². The third-order valence-corrected chi connectivity index (χ3v) is 9.53. The molecule has 0 saturated heterocycles. The van der Waals surface area contributed by atoms with Crippen molar-refractivity contribution in [2.45, 2.75) is 0 Å². The standard InChI is InChI=1S/C45H27N3O/c1-3-12-28(13-4-1)29-22-24-31(25-23-29)44-46-43(30-14-5-2-6-15-30)47-45(48-44)38-20-11-21-39-40(38)37-27-26-36-34-18-8-7-16-32(34)33-17-9-10-19-35(33)41(36)42(37)49-39/h1-27H. The van der Waals surface area contributed by atoms with Crippen molar-refractivity contribution in [1.29, 1.82) is 0 Å². The second kappa shape index (κ2) is 11.0. The van der Waals surface area contributed by atoms with Crippen molar-refractivity contribution < 1.29 is 4.42 Å². The average Bonchev–Trinajstić information content (AvgIpc) is 3.58. The molecule has 10 aromatic rings. The number of fused-ring (bicyclic) bond motifs is 10. The van der Waals surface area contributed by atoms with E-state index in [1.807, 2.05) is 48.5 Å². The summed E-state index contributed by atoms with van der Waals surface area (Å²) in [4.78, 5) is 15.2. The first kappa shape index (κ1) is 27.5. The number of benzene rings is 8. The van der Waals surface area contributed by atoms with Crippen LogP contribution in [0.15, 0.2) is 168 Å². The first-order chi connectivity index (χ1) is 24.3. The lowest BCUT2D eigenvalue weighted by Gasteiger charge is -2.11. The maximum Gasteiger partial charge on any atom is 0.164 e. The van der Waals surface area contributed by atoms with Gasteiger partial charge < -0.3 is 4.42 Å². The average molecular weight is 626 g/mol. The number of rotatable bonds is 4. The molecule has 8 aromatic carbocycles. The van der Waals surface area contributed by atoms with Gasteiger partial charge in [-0.25, -0.2) is 15.0 Å². The SMILES string of the molecule is c1ccc(-c2ccc(-c3nc(-c4ccccc4)nc(-c4cccc5oc6c(ccc7c8ccccc8c8ccccc8c76)c45)n3)cc2)cc1. The Bertz CT molecular complexity index is 2820. The molecule has 0 amide bonds. The lowest BCUT2D eigenvalue weighted by Crippen LogP contribution is -2.00. The fraction of sp³-hybridized carbons (Fsp3) is 0. The Balaban J connectivity index is 1.22. The van der Waals surface area contributed by atoms with Crippen molar-refractivity contribution in [3.63, 3.8) is 0 Å². The predicted octanol–water partition coefficient (Wildman–Crippen LogP) is 11.9. The first-order valence-electron chi connectivity index (χ1n) is 16.5. The van der Waals surface area contributed by atoms with E-state index in [4.69, 9.17) is 19.4 Å². The summed E-state index contributed by atoms with van der Waals surface area (Å²) in [6.07, 6.45) is 0. The smallest absolute Gasteiger partial charge is 0.164 e. The Labute approximate surface area is 282 Å². The molecule has 228 valence electrons. The fourth-order valence-corrected chi connectivity index (χ4v) is 7.24. The van der Waals surface area contributed by atoms with Crippen molar-refractivity contribution >= 4 is 54.3 Å². The highest BCUT2D eigenvalue weighted by Crippen LogP contribution is 2.44. The van der Waals surface area contributed by atoms with Gasteiger partial charge in [0.05, 0.1) is 0 Å². The highest BCUT2D eigenvalue weighted by Gasteiger charge is 2.20. The van der Waals surface area contributed by atoms with E-state index in [0.29, 0.717) is 17.5 Å². The van der Waals surface area contributed by atoms with E-state index in [2.05, 4.69) is 115 Å². The van der Waals surface area contributed by atoms with E-state index >= 15 is 0 Å². The van der Waals surface area contributed by atoms with E-state index in [1.54, 1.807) is 0 Å². The quantitative estimate of drug-likeness (QED) is 0.183. The van der Waals surface area contributed by atoms with Crippen molar-refractivity contribution in [1.82, 2.24) is 15.0 Å². The molecular formula is C45H27N3O. The lowest BCUT2D eigenvalue weighted by molar-refractivity contribution is 0.673. The second-order valence-corrected chi connectivity index (χ2v) is 12.4. The normalized spacial score (nSPS) is 11.7. The number of hydrogen-bond donors (Lipinski definition) is 0. The molecule has 0 N–H and O–H groups in total. The highest BCUT2D eigenvalue weighted by atomic mass is 16.3. The lowest BCUT2D eigenvalue weighted by atomic mass is 9.93. The largest absolute Gasteiger partial charge is 0.455 e. The summed E-state index contributed by atoms with van der Waals surface area (Å²) >= 11 is 0. The maximum absolute atomic E-state index is 6.80. The minimum absolute atomic E-state index is 0.604. The molecule has 2 heterocycles. The summed E-state index contributed by atoms with van der Waals surface area (Å²) in [5.74, 6) is 1.85. The number of hydrogen-bond acceptors (Lipinski definition) is 4. The third kappa shape index (κ3) is 4.42. The van der Waals surface area contributed by atoms with Crippen LogP contribution in [0.25, 0.3) is 99.5 Å². The number of aromatic nitrogens is 3. The molecule has 0 radical (unpaired) electrons. The maximum atomic E-state index is 6.80. The summed E-state index contributed by atoms with van der Waals surface area (Å²) in [5, 5.41) is 9.17. The van der Waals surface area contributed by atoms with Gasteiger partial charge in [-0.2, -0.15) is 0 Å².